The van der Waals surface area contributed by atoms with E-state index in [9.17, 15) is 15.0 Å². The van der Waals surface area contributed by atoms with Crippen LogP contribution in [0.3, 0.4) is 0 Å². The predicted octanol–water partition coefficient (Wildman–Crippen LogP) is 1.40. The molecule has 19 heavy (non-hydrogen) atoms. The van der Waals surface area contributed by atoms with E-state index >= 15 is 0 Å². The number of benzene rings is 1. The van der Waals surface area contributed by atoms with Gasteiger partial charge in [0.25, 0.3) is 0 Å². The van der Waals surface area contributed by atoms with Crippen LogP contribution in [-0.2, 0) is 16.0 Å². The number of rotatable bonds is 1. The van der Waals surface area contributed by atoms with E-state index in [0.29, 0.717) is 23.3 Å². The number of esters is 1. The van der Waals surface area contributed by atoms with Crippen molar-refractivity contribution in [2.24, 2.45) is 0 Å². The number of ether oxygens (including phenoxy) is 2. The molecule has 2 aliphatic rings. The Bertz CT molecular complexity index is 625. The first kappa shape index (κ1) is 11.8. The van der Waals surface area contributed by atoms with Gasteiger partial charge in [0.15, 0.2) is 0 Å². The Morgan fingerprint density at radius 3 is 2.84 bits per heavy atom. The van der Waals surface area contributed by atoms with Gasteiger partial charge in [-0.15, -0.1) is 0 Å². The first-order valence-electron chi connectivity index (χ1n) is 5.81. The molecule has 0 amide bonds. The van der Waals surface area contributed by atoms with E-state index in [0.717, 1.165) is 5.56 Å². The van der Waals surface area contributed by atoms with Crippen LogP contribution in [0.25, 0.3) is 0 Å². The van der Waals surface area contributed by atoms with Gasteiger partial charge in [-0.2, -0.15) is 0 Å². The Hall–Kier alpha value is -2.27. The molecule has 0 fully saturated rings. The van der Waals surface area contributed by atoms with Gasteiger partial charge in [-0.25, -0.2) is 4.79 Å². The lowest BCUT2D eigenvalue weighted by molar-refractivity contribution is -0.174. The first-order valence-corrected chi connectivity index (χ1v) is 5.81. The van der Waals surface area contributed by atoms with Crippen LogP contribution in [0.4, 0.5) is 0 Å². The van der Waals surface area contributed by atoms with Crippen molar-refractivity contribution in [3.8, 4) is 11.5 Å². The van der Waals surface area contributed by atoms with E-state index in [1.54, 1.807) is 12.1 Å². The lowest BCUT2D eigenvalue weighted by Crippen LogP contribution is -2.29. The monoisotopic (exact) mass is 260 g/mol. The molecule has 3 rings (SSSR count). The maximum Gasteiger partial charge on any atom is 0.334 e. The zero-order valence-electron chi connectivity index (χ0n) is 10.2. The number of hydrogen-bond acceptors (Lipinski definition) is 5. The Kier molecular flexibility index (Phi) is 2.40. The summed E-state index contributed by atoms with van der Waals surface area (Å²) in [5.74, 6) is -1.51. The van der Waals surface area contributed by atoms with Gasteiger partial charge in [-0.05, 0) is 11.6 Å². The van der Waals surface area contributed by atoms with Crippen LogP contribution < -0.4 is 4.74 Å². The molecular weight excluding hydrogens is 248 g/mol. The largest absolute Gasteiger partial charge is 0.508 e. The second-order valence-electron chi connectivity index (χ2n) is 4.69. The highest BCUT2D eigenvalue weighted by atomic mass is 16.7. The molecule has 1 aromatic rings. The maximum atomic E-state index is 11.2. The van der Waals surface area contributed by atoms with E-state index in [2.05, 4.69) is 0 Å². The number of fused-ring (bicyclic) bond motifs is 1. The van der Waals surface area contributed by atoms with Gasteiger partial charge in [-0.3, -0.25) is 0 Å². The number of carbonyl (C=O) groups excluding carboxylic acids is 1. The van der Waals surface area contributed by atoms with Gasteiger partial charge in [0.2, 0.25) is 5.79 Å². The normalized spacial score (nSPS) is 25.1. The Balaban J connectivity index is 1.94. The Morgan fingerprint density at radius 2 is 2.16 bits per heavy atom. The quantitative estimate of drug-likeness (QED) is 0.746. The van der Waals surface area contributed by atoms with E-state index in [-0.39, 0.29) is 5.75 Å². The van der Waals surface area contributed by atoms with Gasteiger partial charge in [0.05, 0.1) is 6.26 Å². The van der Waals surface area contributed by atoms with E-state index in [1.807, 2.05) is 0 Å². The van der Waals surface area contributed by atoms with Crippen molar-refractivity contribution in [1.82, 2.24) is 0 Å². The summed E-state index contributed by atoms with van der Waals surface area (Å²) in [5, 5.41) is 19.4. The molecule has 2 aliphatic heterocycles. The maximum absolute atomic E-state index is 11.2. The highest BCUT2D eigenvalue weighted by Crippen LogP contribution is 2.37. The van der Waals surface area contributed by atoms with Crippen molar-refractivity contribution in [1.29, 1.82) is 0 Å². The van der Waals surface area contributed by atoms with E-state index < -0.39 is 11.8 Å². The number of aromatic hydroxyl groups is 1. The van der Waals surface area contributed by atoms with Gasteiger partial charge in [0, 0.05) is 36.6 Å². The molecule has 0 radical (unpaired) electrons. The second-order valence-corrected chi connectivity index (χ2v) is 4.69. The average Bonchev–Trinajstić information content (AvgIpc) is 2.62. The van der Waals surface area contributed by atoms with Gasteiger partial charge in [-0.1, -0.05) is 6.07 Å². The van der Waals surface area contributed by atoms with Crippen molar-refractivity contribution >= 4 is 5.97 Å². The average molecular weight is 260 g/mol. The number of aliphatic hydroxyl groups is 1. The lowest BCUT2D eigenvalue weighted by atomic mass is 9.93. The number of cyclic esters (lactones) is 1. The number of phenols is 1. The second kappa shape index (κ2) is 3.86. The zero-order chi connectivity index (χ0) is 13.6. The molecule has 0 bridgehead atoms. The Labute approximate surface area is 109 Å². The van der Waals surface area contributed by atoms with Crippen molar-refractivity contribution in [2.75, 3.05) is 0 Å². The van der Waals surface area contributed by atoms with E-state index in [1.165, 1.54) is 25.3 Å². The summed E-state index contributed by atoms with van der Waals surface area (Å²) in [6.45, 7) is 1.41. The minimum atomic E-state index is -1.62. The van der Waals surface area contributed by atoms with Crippen LogP contribution in [0.1, 0.15) is 12.5 Å². The van der Waals surface area contributed by atoms with E-state index in [4.69, 9.17) is 9.47 Å². The summed E-state index contributed by atoms with van der Waals surface area (Å²) in [4.78, 5) is 11.2. The fraction of sp³-hybridized carbons (Fsp3) is 0.214. The summed E-state index contributed by atoms with van der Waals surface area (Å²) in [6.07, 6.45) is 3.22. The van der Waals surface area contributed by atoms with Crippen LogP contribution in [-0.4, -0.2) is 22.0 Å². The third-order valence-corrected chi connectivity index (χ3v) is 3.17. The fourth-order valence-corrected chi connectivity index (χ4v) is 2.26. The minimum Gasteiger partial charge on any atom is -0.508 e. The van der Waals surface area contributed by atoms with Crippen molar-refractivity contribution in [2.45, 2.75) is 19.1 Å². The third-order valence-electron chi connectivity index (χ3n) is 3.17. The molecule has 2 N–H and O–H groups in total. The third kappa shape index (κ3) is 1.98. The molecule has 0 spiro atoms. The molecule has 0 aromatic heterocycles. The van der Waals surface area contributed by atoms with Gasteiger partial charge in [0.1, 0.15) is 11.5 Å². The van der Waals surface area contributed by atoms with Crippen molar-refractivity contribution in [3.05, 3.63) is 47.2 Å². The van der Waals surface area contributed by atoms with Crippen molar-refractivity contribution in [3.63, 3.8) is 0 Å². The standard InChI is InChI=1S/C14H12O5/c1-14(17)11(6-13(16)19-14)9-4-8-2-3-10(15)5-12(8)18-7-9/h2-3,5-7,15,17H,4H2,1H3. The van der Waals surface area contributed by atoms with Crippen LogP contribution in [0.5, 0.6) is 11.5 Å². The number of carbonyl (C=O) groups is 1. The smallest absolute Gasteiger partial charge is 0.334 e. The SMILES string of the molecule is CC1(O)OC(=O)C=C1C1=COc2cc(O)ccc2C1. The number of hydrogen-bond donors (Lipinski definition) is 2. The van der Waals surface area contributed by atoms with Gasteiger partial charge >= 0.3 is 5.97 Å². The van der Waals surface area contributed by atoms with Gasteiger partial charge < -0.3 is 19.7 Å². The van der Waals surface area contributed by atoms with Crippen LogP contribution in [0.15, 0.2) is 41.7 Å². The summed E-state index contributed by atoms with van der Waals surface area (Å²) in [5.41, 5.74) is 1.94. The molecule has 98 valence electrons. The summed E-state index contributed by atoms with van der Waals surface area (Å²) in [6, 6.07) is 4.82. The molecular formula is C14H12O5. The molecule has 1 unspecified atom stereocenters. The molecule has 2 heterocycles. The minimum absolute atomic E-state index is 0.126. The Morgan fingerprint density at radius 1 is 1.37 bits per heavy atom. The summed E-state index contributed by atoms with van der Waals surface area (Å²) >= 11 is 0. The summed E-state index contributed by atoms with van der Waals surface area (Å²) in [7, 11) is 0. The lowest BCUT2D eigenvalue weighted by Gasteiger charge is -2.24. The molecule has 0 aliphatic carbocycles. The molecule has 1 aromatic carbocycles. The molecule has 0 saturated carbocycles. The predicted molar refractivity (Wildman–Crippen MR) is 65.3 cm³/mol. The molecule has 5 heteroatoms. The first-order chi connectivity index (χ1) is 8.95. The van der Waals surface area contributed by atoms with Crippen molar-refractivity contribution < 1.29 is 24.5 Å². The molecule has 0 saturated heterocycles. The molecule has 5 nitrogen and oxygen atoms in total. The van der Waals surface area contributed by atoms with Crippen LogP contribution in [0.2, 0.25) is 0 Å². The highest BCUT2D eigenvalue weighted by Gasteiger charge is 2.39. The fourth-order valence-electron chi connectivity index (χ4n) is 2.26. The molecule has 1 atom stereocenters. The number of phenolic OH excluding ortho intramolecular Hbond substituents is 1. The zero-order valence-corrected chi connectivity index (χ0v) is 10.2. The highest BCUT2D eigenvalue weighted by molar-refractivity contribution is 5.87. The van der Waals surface area contributed by atoms with Crippen LogP contribution in [0, 0.1) is 0 Å². The topological polar surface area (TPSA) is 76.0 Å². The summed E-state index contributed by atoms with van der Waals surface area (Å²) < 4.78 is 10.2. The van der Waals surface area contributed by atoms with Crippen LogP contribution >= 0.6 is 0 Å².